The van der Waals surface area contributed by atoms with Crippen LogP contribution in [-0.2, 0) is 29.0 Å². The third-order valence-corrected chi connectivity index (χ3v) is 4.44. The van der Waals surface area contributed by atoms with Gasteiger partial charge in [-0.1, -0.05) is 6.07 Å². The van der Waals surface area contributed by atoms with Crippen LogP contribution in [0.4, 0.5) is 0 Å². The van der Waals surface area contributed by atoms with Gasteiger partial charge in [-0.2, -0.15) is 5.10 Å². The second-order valence-corrected chi connectivity index (χ2v) is 5.99. The van der Waals surface area contributed by atoms with E-state index in [2.05, 4.69) is 17.0 Å². The van der Waals surface area contributed by atoms with Crippen LogP contribution in [0.1, 0.15) is 36.7 Å². The fraction of sp³-hybridized carbons (Fsp3) is 0.500. The van der Waals surface area contributed by atoms with Crippen molar-refractivity contribution >= 4 is 5.91 Å². The van der Waals surface area contributed by atoms with E-state index in [1.54, 1.807) is 6.20 Å². The Morgan fingerprint density at radius 2 is 2.25 bits per heavy atom. The van der Waals surface area contributed by atoms with E-state index in [4.69, 9.17) is 4.74 Å². The minimum absolute atomic E-state index is 0.102. The molecule has 1 aliphatic heterocycles. The molecule has 2 aromatic rings. The van der Waals surface area contributed by atoms with Crippen LogP contribution in [0, 0.1) is 0 Å². The zero-order valence-corrected chi connectivity index (χ0v) is 14.3. The van der Waals surface area contributed by atoms with E-state index < -0.39 is 0 Å². The van der Waals surface area contributed by atoms with Gasteiger partial charge in [0.25, 0.3) is 0 Å². The number of hydrogen-bond acceptors (Lipinski definition) is 4. The quantitative estimate of drug-likeness (QED) is 0.814. The van der Waals surface area contributed by atoms with Gasteiger partial charge in [0, 0.05) is 43.1 Å². The molecule has 24 heavy (non-hydrogen) atoms. The van der Waals surface area contributed by atoms with Gasteiger partial charge in [0.1, 0.15) is 0 Å². The number of fused-ring (bicyclic) bond motifs is 1. The van der Waals surface area contributed by atoms with Crippen LogP contribution >= 0.6 is 0 Å². The van der Waals surface area contributed by atoms with Crippen molar-refractivity contribution in [2.24, 2.45) is 0 Å². The number of hydrogen-bond donors (Lipinski definition) is 0. The van der Waals surface area contributed by atoms with Crippen molar-refractivity contribution in [3.05, 3.63) is 47.5 Å². The SMILES string of the molecule is CCOC[C@@H]1CN(C(=O)Cc2ccccn2)Cc2c1cnn2CC. The van der Waals surface area contributed by atoms with Crippen molar-refractivity contribution in [1.29, 1.82) is 0 Å². The molecule has 0 saturated heterocycles. The van der Waals surface area contributed by atoms with Gasteiger partial charge < -0.3 is 9.64 Å². The first kappa shape index (κ1) is 16.6. The normalized spacial score (nSPS) is 16.9. The van der Waals surface area contributed by atoms with E-state index >= 15 is 0 Å². The number of rotatable bonds is 6. The van der Waals surface area contributed by atoms with Crippen LogP contribution < -0.4 is 0 Å². The van der Waals surface area contributed by atoms with Crippen LogP contribution in [0.15, 0.2) is 30.6 Å². The molecule has 0 N–H and O–H groups in total. The fourth-order valence-corrected chi connectivity index (χ4v) is 3.18. The Bertz CT molecular complexity index is 684. The highest BCUT2D eigenvalue weighted by molar-refractivity contribution is 5.78. The van der Waals surface area contributed by atoms with Crippen molar-refractivity contribution < 1.29 is 9.53 Å². The number of carbonyl (C=O) groups excluding carboxylic acids is 1. The smallest absolute Gasteiger partial charge is 0.228 e. The third kappa shape index (κ3) is 3.48. The average Bonchev–Trinajstić information content (AvgIpc) is 3.03. The molecule has 0 saturated carbocycles. The molecule has 3 heterocycles. The Hall–Kier alpha value is -2.21. The van der Waals surface area contributed by atoms with E-state index in [1.807, 2.05) is 40.9 Å². The van der Waals surface area contributed by atoms with E-state index in [-0.39, 0.29) is 11.8 Å². The van der Waals surface area contributed by atoms with Crippen LogP contribution in [0.5, 0.6) is 0 Å². The minimum atomic E-state index is 0.102. The maximum Gasteiger partial charge on any atom is 0.228 e. The van der Waals surface area contributed by atoms with E-state index in [1.165, 1.54) is 5.56 Å². The van der Waals surface area contributed by atoms with Crippen LogP contribution in [0.3, 0.4) is 0 Å². The zero-order valence-electron chi connectivity index (χ0n) is 14.3. The van der Waals surface area contributed by atoms with Gasteiger partial charge in [-0.15, -0.1) is 0 Å². The van der Waals surface area contributed by atoms with Crippen LogP contribution in [-0.4, -0.2) is 45.3 Å². The van der Waals surface area contributed by atoms with E-state index in [9.17, 15) is 4.79 Å². The van der Waals surface area contributed by atoms with Gasteiger partial charge in [0.15, 0.2) is 0 Å². The summed E-state index contributed by atoms with van der Waals surface area (Å²) >= 11 is 0. The predicted molar refractivity (Wildman–Crippen MR) is 90.5 cm³/mol. The van der Waals surface area contributed by atoms with Gasteiger partial charge in [-0.25, -0.2) is 0 Å². The van der Waals surface area contributed by atoms with Crippen LogP contribution in [0.2, 0.25) is 0 Å². The molecule has 0 aromatic carbocycles. The van der Waals surface area contributed by atoms with Crippen molar-refractivity contribution in [3.63, 3.8) is 0 Å². The summed E-state index contributed by atoms with van der Waals surface area (Å²) in [5, 5.41) is 4.46. The molecule has 2 aromatic heterocycles. The van der Waals surface area contributed by atoms with Gasteiger partial charge in [0.2, 0.25) is 5.91 Å². The summed E-state index contributed by atoms with van der Waals surface area (Å²) in [6.07, 6.45) is 3.99. The Labute approximate surface area is 142 Å². The average molecular weight is 328 g/mol. The predicted octanol–water partition coefficient (Wildman–Crippen LogP) is 2.00. The number of nitrogens with zero attached hydrogens (tertiary/aromatic N) is 4. The molecule has 6 heteroatoms. The molecule has 0 bridgehead atoms. The monoisotopic (exact) mass is 328 g/mol. The Balaban J connectivity index is 1.78. The molecule has 0 spiro atoms. The topological polar surface area (TPSA) is 60.2 Å². The first-order chi connectivity index (χ1) is 11.7. The van der Waals surface area contributed by atoms with Crippen LogP contribution in [0.25, 0.3) is 0 Å². The highest BCUT2D eigenvalue weighted by Gasteiger charge is 2.31. The molecule has 0 radical (unpaired) electrons. The highest BCUT2D eigenvalue weighted by Crippen LogP contribution is 2.29. The van der Waals surface area contributed by atoms with Crippen molar-refractivity contribution in [3.8, 4) is 0 Å². The first-order valence-corrected chi connectivity index (χ1v) is 8.52. The fourth-order valence-electron chi connectivity index (χ4n) is 3.18. The number of aromatic nitrogens is 3. The lowest BCUT2D eigenvalue weighted by molar-refractivity contribution is -0.132. The summed E-state index contributed by atoms with van der Waals surface area (Å²) in [4.78, 5) is 18.9. The third-order valence-electron chi connectivity index (χ3n) is 4.44. The molecule has 128 valence electrons. The maximum absolute atomic E-state index is 12.7. The zero-order chi connectivity index (χ0) is 16.9. The summed E-state index contributed by atoms with van der Waals surface area (Å²) in [5.41, 5.74) is 3.15. The molecule has 6 nitrogen and oxygen atoms in total. The Morgan fingerprint density at radius 1 is 1.38 bits per heavy atom. The molecule has 3 rings (SSSR count). The van der Waals surface area contributed by atoms with E-state index in [0.717, 1.165) is 17.9 Å². The van der Waals surface area contributed by atoms with Gasteiger partial charge >= 0.3 is 0 Å². The summed E-state index contributed by atoms with van der Waals surface area (Å²) in [5.74, 6) is 0.284. The lowest BCUT2D eigenvalue weighted by Gasteiger charge is -2.33. The summed E-state index contributed by atoms with van der Waals surface area (Å²) in [6.45, 7) is 7.44. The maximum atomic E-state index is 12.7. The van der Waals surface area contributed by atoms with Crippen molar-refractivity contribution in [2.45, 2.75) is 39.3 Å². The molecule has 1 amide bonds. The summed E-state index contributed by atoms with van der Waals surface area (Å²) < 4.78 is 7.61. The summed E-state index contributed by atoms with van der Waals surface area (Å²) in [6, 6.07) is 5.66. The second kappa shape index (κ2) is 7.57. The van der Waals surface area contributed by atoms with Gasteiger partial charge in [-0.05, 0) is 26.0 Å². The number of aryl methyl sites for hydroxylation is 1. The molecule has 0 fully saturated rings. The molecule has 1 atom stereocenters. The Morgan fingerprint density at radius 3 is 2.96 bits per heavy atom. The van der Waals surface area contributed by atoms with E-state index in [0.29, 0.717) is 32.7 Å². The second-order valence-electron chi connectivity index (χ2n) is 5.99. The lowest BCUT2D eigenvalue weighted by Crippen LogP contribution is -2.41. The highest BCUT2D eigenvalue weighted by atomic mass is 16.5. The molecular weight excluding hydrogens is 304 g/mol. The lowest BCUT2D eigenvalue weighted by atomic mass is 9.95. The molecule has 0 unspecified atom stereocenters. The van der Waals surface area contributed by atoms with Crippen molar-refractivity contribution in [2.75, 3.05) is 19.8 Å². The number of pyridine rings is 1. The number of amides is 1. The standard InChI is InChI=1S/C18H24N4O2/c1-3-22-17-12-21(18(23)9-15-7-5-6-8-19-15)11-14(13-24-4-2)16(17)10-20-22/h5-8,10,14H,3-4,9,11-13H2,1-2H3/t14-/m0/s1. The van der Waals surface area contributed by atoms with Gasteiger partial charge in [-0.3, -0.25) is 14.5 Å². The molecule has 1 aliphatic rings. The summed E-state index contributed by atoms with van der Waals surface area (Å²) in [7, 11) is 0. The largest absolute Gasteiger partial charge is 0.381 e. The first-order valence-electron chi connectivity index (χ1n) is 8.52. The molecule has 0 aliphatic carbocycles. The number of ether oxygens (including phenoxy) is 1. The van der Waals surface area contributed by atoms with Crippen molar-refractivity contribution in [1.82, 2.24) is 19.7 Å². The molecular formula is C18H24N4O2. The van der Waals surface area contributed by atoms with Gasteiger partial charge in [0.05, 0.1) is 31.5 Å². The minimum Gasteiger partial charge on any atom is -0.381 e. The Kier molecular flexibility index (Phi) is 5.25. The number of carbonyl (C=O) groups is 1.